The average molecular weight is 664 g/mol. The van der Waals surface area contributed by atoms with Gasteiger partial charge in [0.15, 0.2) is 5.82 Å². The highest BCUT2D eigenvalue weighted by Gasteiger charge is 2.44. The first-order chi connectivity index (χ1) is 23.3. The van der Waals surface area contributed by atoms with Crippen LogP contribution >= 0.6 is 11.8 Å². The van der Waals surface area contributed by atoms with E-state index in [1.807, 2.05) is 54.6 Å². The van der Waals surface area contributed by atoms with Crippen LogP contribution in [0.15, 0.2) is 73.2 Å². The van der Waals surface area contributed by atoms with Gasteiger partial charge in [-0.1, -0.05) is 30.3 Å². The monoisotopic (exact) mass is 663 g/mol. The van der Waals surface area contributed by atoms with Crippen molar-refractivity contribution in [3.8, 4) is 28.5 Å². The van der Waals surface area contributed by atoms with Crippen LogP contribution in [0.5, 0.6) is 5.88 Å². The Hall–Kier alpha value is -5.01. The average Bonchev–Trinajstić information content (AvgIpc) is 3.87. The summed E-state index contributed by atoms with van der Waals surface area (Å²) in [5.41, 5.74) is 6.51. The Balaban J connectivity index is 0.959. The fraction of sp³-hybridized carbons (Fsp3) is 0.314. The van der Waals surface area contributed by atoms with Gasteiger partial charge in [0, 0.05) is 67.7 Å². The van der Waals surface area contributed by atoms with Crippen molar-refractivity contribution in [3.63, 3.8) is 0 Å². The number of thioether (sulfide) groups is 1. The quantitative estimate of drug-likeness (QED) is 0.234. The number of amides is 2. The molecule has 5 heterocycles. The van der Waals surface area contributed by atoms with Crippen LogP contribution in [0.1, 0.15) is 18.4 Å². The Morgan fingerprint density at radius 2 is 1.85 bits per heavy atom. The van der Waals surface area contributed by atoms with Crippen molar-refractivity contribution in [2.24, 2.45) is 7.05 Å². The number of likely N-dealkylation sites (tertiary alicyclic amines) is 1. The van der Waals surface area contributed by atoms with Crippen molar-refractivity contribution >= 4 is 45.7 Å². The molecule has 2 amide bonds. The Morgan fingerprint density at radius 1 is 1.04 bits per heavy atom. The van der Waals surface area contributed by atoms with Crippen LogP contribution in [-0.4, -0.2) is 102 Å². The van der Waals surface area contributed by atoms with Gasteiger partial charge in [0.1, 0.15) is 16.8 Å². The lowest BCUT2D eigenvalue weighted by molar-refractivity contribution is -0.132. The molecule has 246 valence electrons. The highest BCUT2D eigenvalue weighted by molar-refractivity contribution is 8.00. The van der Waals surface area contributed by atoms with Crippen LogP contribution in [-0.2, 0) is 16.6 Å². The minimum Gasteiger partial charge on any atom is -0.481 e. The first-order valence-corrected chi connectivity index (χ1v) is 17.1. The molecule has 3 aromatic heterocycles. The smallest absolute Gasteiger partial charge is 0.241 e. The standard InChI is InChI=1S/C35H37N9O3S/c1-42-22-37-33(41-42)25-6-4-23(5-7-25)24-12-15-44(16-13-24)31(45)20-43-17-14-35(21-43,48-3)34(46)38-27-9-10-29-28(18-27)32(40-39-29)26-8-11-30(47-2)36-19-26/h4-12,18-19,22H,13-17,20-21H2,1-3H3,(H,38,46)(H,39,40). The summed E-state index contributed by atoms with van der Waals surface area (Å²) in [5, 5.41) is 16.0. The number of pyridine rings is 1. The summed E-state index contributed by atoms with van der Waals surface area (Å²) in [6.07, 6.45) is 8.98. The fourth-order valence-corrected chi connectivity index (χ4v) is 7.23. The number of nitrogens with zero attached hydrogens (tertiary/aromatic N) is 7. The molecule has 0 saturated carbocycles. The third-order valence-corrected chi connectivity index (χ3v) is 10.5. The van der Waals surface area contributed by atoms with Gasteiger partial charge in [-0.15, -0.1) is 11.8 Å². The Bertz CT molecular complexity index is 1990. The summed E-state index contributed by atoms with van der Waals surface area (Å²) in [6.45, 7) is 2.73. The van der Waals surface area contributed by atoms with Gasteiger partial charge in [0.2, 0.25) is 17.7 Å². The lowest BCUT2D eigenvalue weighted by Gasteiger charge is -2.29. The zero-order chi connectivity index (χ0) is 33.3. The number of benzene rings is 2. The van der Waals surface area contributed by atoms with Gasteiger partial charge in [-0.3, -0.25) is 24.3 Å². The maximum atomic E-state index is 13.8. The highest BCUT2D eigenvalue weighted by atomic mass is 32.2. The number of fused-ring (bicyclic) bond motifs is 1. The largest absolute Gasteiger partial charge is 0.481 e. The molecule has 0 bridgehead atoms. The van der Waals surface area contributed by atoms with Gasteiger partial charge in [0.05, 0.1) is 19.2 Å². The normalized spacial score (nSPS) is 18.2. The Labute approximate surface area is 282 Å². The van der Waals surface area contributed by atoms with E-state index in [1.165, 1.54) is 5.57 Å². The van der Waals surface area contributed by atoms with Gasteiger partial charge < -0.3 is 15.0 Å². The number of rotatable bonds is 9. The van der Waals surface area contributed by atoms with E-state index in [0.717, 1.165) is 39.7 Å². The third kappa shape index (κ3) is 6.30. The molecule has 2 aliphatic heterocycles. The predicted octanol–water partition coefficient (Wildman–Crippen LogP) is 4.49. The lowest BCUT2D eigenvalue weighted by atomic mass is 9.98. The molecular formula is C35H37N9O3S. The van der Waals surface area contributed by atoms with Gasteiger partial charge in [-0.25, -0.2) is 9.97 Å². The SMILES string of the molecule is COc1ccc(-c2n[nH]c3ccc(NC(=O)C4(SC)CCN(CC(=O)N5CC=C(c6ccc(-c7ncn(C)n7)cc6)CC5)C4)cc23)cn1. The van der Waals surface area contributed by atoms with Crippen molar-refractivity contribution in [2.45, 2.75) is 17.6 Å². The topological polar surface area (TPSA) is 134 Å². The van der Waals surface area contributed by atoms with Crippen molar-refractivity contribution in [2.75, 3.05) is 51.4 Å². The van der Waals surface area contributed by atoms with E-state index in [9.17, 15) is 9.59 Å². The van der Waals surface area contributed by atoms with E-state index >= 15 is 0 Å². The Kier molecular flexibility index (Phi) is 8.71. The molecule has 1 unspecified atom stereocenters. The van der Waals surface area contributed by atoms with Crippen LogP contribution < -0.4 is 10.1 Å². The molecule has 2 aliphatic rings. The summed E-state index contributed by atoms with van der Waals surface area (Å²) in [7, 11) is 3.43. The van der Waals surface area contributed by atoms with E-state index in [2.05, 4.69) is 53.7 Å². The van der Waals surface area contributed by atoms with Crippen LogP contribution in [0.4, 0.5) is 5.69 Å². The number of aromatic nitrogens is 6. The molecule has 12 nitrogen and oxygen atoms in total. The number of hydrogen-bond donors (Lipinski definition) is 2. The van der Waals surface area contributed by atoms with E-state index in [1.54, 1.807) is 42.1 Å². The van der Waals surface area contributed by atoms with E-state index in [-0.39, 0.29) is 11.8 Å². The third-order valence-electron chi connectivity index (χ3n) is 9.19. The molecule has 2 aromatic carbocycles. The van der Waals surface area contributed by atoms with E-state index < -0.39 is 4.75 Å². The molecule has 0 spiro atoms. The van der Waals surface area contributed by atoms with Crippen LogP contribution in [0, 0.1) is 0 Å². The first kappa shape index (κ1) is 31.6. The summed E-state index contributed by atoms with van der Waals surface area (Å²) in [4.78, 5) is 39.8. The molecule has 1 atom stereocenters. The van der Waals surface area contributed by atoms with Crippen molar-refractivity contribution in [1.29, 1.82) is 0 Å². The molecule has 7 rings (SSSR count). The number of methoxy groups -OCH3 is 1. The number of aryl methyl sites for hydroxylation is 1. The van der Waals surface area contributed by atoms with Crippen LogP contribution in [0.3, 0.4) is 0 Å². The van der Waals surface area contributed by atoms with Crippen molar-refractivity contribution in [1.82, 2.24) is 39.7 Å². The van der Waals surface area contributed by atoms with Crippen molar-refractivity contribution < 1.29 is 14.3 Å². The molecule has 0 aliphatic carbocycles. The maximum Gasteiger partial charge on any atom is 0.241 e. The van der Waals surface area contributed by atoms with E-state index in [4.69, 9.17) is 4.74 Å². The lowest BCUT2D eigenvalue weighted by Crippen LogP contribution is -2.45. The zero-order valence-electron chi connectivity index (χ0n) is 27.1. The predicted molar refractivity (Wildman–Crippen MR) is 187 cm³/mol. The van der Waals surface area contributed by atoms with Crippen LogP contribution in [0.25, 0.3) is 39.1 Å². The zero-order valence-corrected chi connectivity index (χ0v) is 28.0. The van der Waals surface area contributed by atoms with Crippen molar-refractivity contribution in [3.05, 3.63) is 78.8 Å². The molecule has 0 radical (unpaired) electrons. The van der Waals surface area contributed by atoms with Gasteiger partial charge in [-0.05, 0) is 54.5 Å². The summed E-state index contributed by atoms with van der Waals surface area (Å²) < 4.78 is 6.22. The number of nitrogens with one attached hydrogen (secondary N) is 2. The van der Waals surface area contributed by atoms with Gasteiger partial charge in [0.25, 0.3) is 0 Å². The molecule has 13 heteroatoms. The Morgan fingerprint density at radius 3 is 2.54 bits per heavy atom. The second-order valence-electron chi connectivity index (χ2n) is 12.2. The second kappa shape index (κ2) is 13.2. The number of ether oxygens (including phenoxy) is 1. The molecule has 48 heavy (non-hydrogen) atoms. The highest BCUT2D eigenvalue weighted by Crippen LogP contribution is 2.36. The minimum absolute atomic E-state index is 0.0594. The summed E-state index contributed by atoms with van der Waals surface area (Å²) in [6, 6.07) is 17.7. The number of aromatic amines is 1. The van der Waals surface area contributed by atoms with E-state index in [0.29, 0.717) is 56.5 Å². The number of carbonyl (C=O) groups excluding carboxylic acids is 2. The second-order valence-corrected chi connectivity index (χ2v) is 13.4. The molecule has 5 aromatic rings. The molecular weight excluding hydrogens is 627 g/mol. The molecule has 2 N–H and O–H groups in total. The van der Waals surface area contributed by atoms with Crippen LogP contribution in [0.2, 0.25) is 0 Å². The maximum absolute atomic E-state index is 13.8. The number of hydrogen-bond acceptors (Lipinski definition) is 9. The molecule has 1 fully saturated rings. The van der Waals surface area contributed by atoms with Gasteiger partial charge >= 0.3 is 0 Å². The number of anilines is 1. The number of H-pyrrole nitrogens is 1. The minimum atomic E-state index is -0.652. The first-order valence-electron chi connectivity index (χ1n) is 15.8. The summed E-state index contributed by atoms with van der Waals surface area (Å²) >= 11 is 1.55. The number of carbonyl (C=O) groups is 2. The molecule has 1 saturated heterocycles. The van der Waals surface area contributed by atoms with Gasteiger partial charge in [-0.2, -0.15) is 10.2 Å². The summed E-state index contributed by atoms with van der Waals surface area (Å²) in [5.74, 6) is 1.26. The fourth-order valence-electron chi connectivity index (χ4n) is 6.39.